The highest BCUT2D eigenvalue weighted by Crippen LogP contribution is 2.76. The number of hydrogen-bond donors (Lipinski definition) is 12. The van der Waals surface area contributed by atoms with Gasteiger partial charge in [0.15, 0.2) is 25.0 Å². The summed E-state index contributed by atoms with van der Waals surface area (Å²) in [6.07, 6.45) is -23.9. The van der Waals surface area contributed by atoms with Crippen molar-refractivity contribution in [1.82, 2.24) is 0 Å². The summed E-state index contributed by atoms with van der Waals surface area (Å²) in [7, 11) is 0. The lowest BCUT2D eigenvalue weighted by atomic mass is 9.33. The van der Waals surface area contributed by atoms with Crippen molar-refractivity contribution in [1.29, 1.82) is 0 Å². The van der Waals surface area contributed by atoms with E-state index in [0.717, 1.165) is 32.1 Å². The summed E-state index contributed by atoms with van der Waals surface area (Å²) in [6, 6.07) is 0. The molecule has 4 saturated carbocycles. The number of hydrogen-bond acceptors (Lipinski definition) is 23. The molecule has 5 aliphatic carbocycles. The SMILES string of the molecule is CCOC(=O)[C@H]1O[C@@H](O[C@@H]2CC[C@]3(C)[C@H](CC[C@]4(C)[C@@H]3CC=C3[C@H]5CC(C)(C)CC[C@]5(C(=O)O[C@@H]5O[C@H](CO)[C@@H](O)[C@H](O)[C@H]5O)CC[C@]34C)C2(C)C)[C@H](O[C@H]2OC[C@@H](O)[C@H](O)[C@H]2O)[C@@H](O[C@@H]2O[C@H](CO)[C@@H](O)[C@H](O)[C@H]2O)[C@@H]1O. The molecule has 0 spiro atoms. The van der Waals surface area contributed by atoms with Gasteiger partial charge in [-0.1, -0.05) is 60.1 Å². The highest BCUT2D eigenvalue weighted by molar-refractivity contribution is 5.79. The summed E-state index contributed by atoms with van der Waals surface area (Å²) in [5.74, 6) is -1.54. The van der Waals surface area contributed by atoms with Crippen LogP contribution < -0.4 is 0 Å². The quantitative estimate of drug-likeness (QED) is 0.0645. The molecular formula is C55H88O23. The zero-order chi connectivity index (χ0) is 57.0. The van der Waals surface area contributed by atoms with E-state index < -0.39 is 165 Å². The van der Waals surface area contributed by atoms with Crippen LogP contribution in [0.25, 0.3) is 0 Å². The number of esters is 2. The van der Waals surface area contributed by atoms with Gasteiger partial charge in [-0.25, -0.2) is 4.79 Å². The maximum absolute atomic E-state index is 14.8. The van der Waals surface area contributed by atoms with Crippen LogP contribution in [0.4, 0.5) is 0 Å². The molecule has 0 radical (unpaired) electrons. The third kappa shape index (κ3) is 9.93. The lowest BCUT2D eigenvalue weighted by molar-refractivity contribution is -0.391. The van der Waals surface area contributed by atoms with E-state index in [9.17, 15) is 70.9 Å². The summed E-state index contributed by atoms with van der Waals surface area (Å²) in [6.45, 7) is 15.3. The second-order valence-electron chi connectivity index (χ2n) is 26.3. The van der Waals surface area contributed by atoms with Crippen molar-refractivity contribution in [2.24, 2.45) is 50.2 Å². The summed E-state index contributed by atoms with van der Waals surface area (Å²) < 4.78 is 54.3. The lowest BCUT2D eigenvalue weighted by Gasteiger charge is -2.71. The van der Waals surface area contributed by atoms with Gasteiger partial charge in [0.1, 0.15) is 85.5 Å². The van der Waals surface area contributed by atoms with E-state index in [1.165, 1.54) is 5.57 Å². The fourth-order valence-electron chi connectivity index (χ4n) is 16.4. The molecule has 9 rings (SSSR count). The monoisotopic (exact) mass is 1120 g/mol. The van der Waals surface area contributed by atoms with Crippen molar-refractivity contribution in [3.63, 3.8) is 0 Å². The Morgan fingerprint density at radius 3 is 1.86 bits per heavy atom. The minimum absolute atomic E-state index is 0.0286. The van der Waals surface area contributed by atoms with Crippen LogP contribution in [-0.2, 0) is 52.2 Å². The maximum Gasteiger partial charge on any atom is 0.338 e. The van der Waals surface area contributed by atoms with E-state index in [0.29, 0.717) is 32.1 Å². The van der Waals surface area contributed by atoms with Crippen LogP contribution in [0, 0.1) is 50.2 Å². The molecular weight excluding hydrogens is 1030 g/mol. The number of allylic oxidation sites excluding steroid dienone is 2. The second kappa shape index (κ2) is 22.2. The van der Waals surface area contributed by atoms with E-state index in [1.807, 2.05) is 0 Å². The second-order valence-corrected chi connectivity index (χ2v) is 26.3. The summed E-state index contributed by atoms with van der Waals surface area (Å²) in [5, 5.41) is 128. The Hall–Kier alpha value is -2.08. The maximum atomic E-state index is 14.8. The van der Waals surface area contributed by atoms with Gasteiger partial charge in [0.2, 0.25) is 6.29 Å². The first-order chi connectivity index (χ1) is 36.5. The number of carbonyl (C=O) groups is 2. The van der Waals surface area contributed by atoms with Gasteiger partial charge in [-0.15, -0.1) is 0 Å². The zero-order valence-corrected chi connectivity index (χ0v) is 46.1. The summed E-state index contributed by atoms with van der Waals surface area (Å²) in [4.78, 5) is 28.5. The van der Waals surface area contributed by atoms with Gasteiger partial charge in [0.25, 0.3) is 0 Å². The molecule has 446 valence electrons. The zero-order valence-electron chi connectivity index (χ0n) is 46.1. The van der Waals surface area contributed by atoms with E-state index in [-0.39, 0.29) is 46.0 Å². The topological polar surface area (TPSA) is 360 Å². The summed E-state index contributed by atoms with van der Waals surface area (Å²) >= 11 is 0. The normalized spacial score (nSPS) is 51.8. The Bertz CT molecular complexity index is 2180. The Morgan fingerprint density at radius 2 is 1.22 bits per heavy atom. The number of carbonyl (C=O) groups excluding carboxylic acids is 2. The van der Waals surface area contributed by atoms with Crippen LogP contribution in [0.2, 0.25) is 0 Å². The minimum Gasteiger partial charge on any atom is -0.464 e. The van der Waals surface area contributed by atoms with Crippen molar-refractivity contribution in [3.8, 4) is 0 Å². The first-order valence-electron chi connectivity index (χ1n) is 28.2. The molecule has 4 aliphatic heterocycles. The molecule has 0 aromatic heterocycles. The number of aliphatic hydroxyl groups excluding tert-OH is 12. The molecule has 23 nitrogen and oxygen atoms in total. The van der Waals surface area contributed by atoms with Gasteiger partial charge in [-0.05, 0) is 116 Å². The molecule has 23 heteroatoms. The number of aliphatic hydroxyl groups is 12. The van der Waals surface area contributed by atoms with Gasteiger partial charge < -0.3 is 104 Å². The molecule has 12 N–H and O–H groups in total. The first kappa shape index (κ1) is 60.5. The average Bonchev–Trinajstić information content (AvgIpc) is 2.47. The molecule has 0 unspecified atom stereocenters. The minimum atomic E-state index is -1.97. The largest absolute Gasteiger partial charge is 0.464 e. The number of ether oxygens (including phenoxy) is 9. The standard InChI is InChI=1S/C55H88O23/c1-9-70-44(68)42-40(67)41(75-46-38(65)35(62)33(60)27(21-56)72-46)43(77-45-37(64)32(59)26(58)23-71-45)48(76-42)74-31-13-14-52(6)29(51(31,4)5)12-15-54(8)30(52)11-10-24-25-20-50(2,3)16-18-55(25,19-17-53(24,54)7)49(69)78-47-39(66)36(63)34(61)28(22-57)73-47/h10,25-43,45-48,56-67H,9,11-23H2,1-8H3/t25-,26-,27-,28-,29-,30-,31-,32+,33-,34-,35+,36+,37-,38-,39-,40+,41+,42+,43-,45-,46+,47+,48-,52-,53-,54-,55+/m1/s1. The van der Waals surface area contributed by atoms with Gasteiger partial charge in [-0.2, -0.15) is 0 Å². The summed E-state index contributed by atoms with van der Waals surface area (Å²) in [5.41, 5.74) is -1.33. The fourth-order valence-corrected chi connectivity index (χ4v) is 16.4. The molecule has 0 amide bonds. The van der Waals surface area contributed by atoms with Crippen molar-refractivity contribution < 1.29 is 113 Å². The molecule has 0 aromatic rings. The van der Waals surface area contributed by atoms with E-state index >= 15 is 0 Å². The first-order valence-corrected chi connectivity index (χ1v) is 28.2. The molecule has 4 saturated heterocycles. The fraction of sp³-hybridized carbons (Fsp3) is 0.927. The van der Waals surface area contributed by atoms with Crippen molar-refractivity contribution in [3.05, 3.63) is 11.6 Å². The third-order valence-electron chi connectivity index (χ3n) is 21.3. The highest BCUT2D eigenvalue weighted by Gasteiger charge is 2.70. The molecule has 4 heterocycles. The van der Waals surface area contributed by atoms with Crippen molar-refractivity contribution >= 4 is 11.9 Å². The molecule has 0 bridgehead atoms. The van der Waals surface area contributed by atoms with Gasteiger partial charge >= 0.3 is 11.9 Å². The third-order valence-corrected chi connectivity index (χ3v) is 21.3. The Morgan fingerprint density at radius 1 is 0.615 bits per heavy atom. The van der Waals surface area contributed by atoms with Crippen LogP contribution in [0.15, 0.2) is 11.6 Å². The van der Waals surface area contributed by atoms with Crippen LogP contribution in [0.5, 0.6) is 0 Å². The molecule has 78 heavy (non-hydrogen) atoms. The van der Waals surface area contributed by atoms with E-state index in [1.54, 1.807) is 6.92 Å². The van der Waals surface area contributed by atoms with Crippen molar-refractivity contribution in [2.45, 2.75) is 242 Å². The molecule has 27 atom stereocenters. The van der Waals surface area contributed by atoms with Gasteiger partial charge in [-0.3, -0.25) is 4.79 Å². The number of fused-ring (bicyclic) bond motifs is 7. The van der Waals surface area contributed by atoms with Crippen LogP contribution >= 0.6 is 0 Å². The Balaban J connectivity index is 1.01. The smallest absolute Gasteiger partial charge is 0.338 e. The van der Waals surface area contributed by atoms with Crippen molar-refractivity contribution in [2.75, 3.05) is 26.4 Å². The van der Waals surface area contributed by atoms with Crippen LogP contribution in [-0.4, -0.2) is 222 Å². The van der Waals surface area contributed by atoms with Crippen LogP contribution in [0.1, 0.15) is 120 Å². The Labute approximate surface area is 455 Å². The van der Waals surface area contributed by atoms with Gasteiger partial charge in [0.05, 0.1) is 37.9 Å². The highest BCUT2D eigenvalue weighted by atomic mass is 16.8. The van der Waals surface area contributed by atoms with Gasteiger partial charge in [0, 0.05) is 0 Å². The number of rotatable bonds is 12. The Kier molecular flexibility index (Phi) is 17.2. The molecule has 8 fully saturated rings. The van der Waals surface area contributed by atoms with E-state index in [4.69, 9.17) is 42.6 Å². The average molecular weight is 1120 g/mol. The van der Waals surface area contributed by atoms with E-state index in [2.05, 4.69) is 54.5 Å². The predicted octanol–water partition coefficient (Wildman–Crippen LogP) is -0.825. The molecule has 0 aromatic carbocycles. The predicted molar refractivity (Wildman–Crippen MR) is 266 cm³/mol. The lowest BCUT2D eigenvalue weighted by Crippen LogP contribution is -2.68. The van der Waals surface area contributed by atoms with Crippen LogP contribution in [0.3, 0.4) is 0 Å². The molecule has 9 aliphatic rings.